The average molecular weight is 593 g/mol. The van der Waals surface area contributed by atoms with E-state index in [1.165, 1.54) is 25.7 Å². The van der Waals surface area contributed by atoms with Crippen molar-refractivity contribution >= 4 is 33.4 Å². The molecular formula is C38H44N2O4. The number of fused-ring (bicyclic) bond motifs is 8. The Morgan fingerprint density at radius 2 is 0.909 bits per heavy atom. The molecule has 4 aromatic rings. The highest BCUT2D eigenvalue weighted by Crippen LogP contribution is 2.37. The van der Waals surface area contributed by atoms with Gasteiger partial charge in [0.15, 0.2) is 0 Å². The molecule has 4 N–H and O–H groups in total. The summed E-state index contributed by atoms with van der Waals surface area (Å²) in [5, 5.41) is 32.3. The molecule has 0 atom stereocenters. The fourth-order valence-electron chi connectivity index (χ4n) is 6.35. The second-order valence-corrected chi connectivity index (χ2v) is 12.1. The first-order valence-corrected chi connectivity index (χ1v) is 16.1. The molecule has 0 unspecified atom stereocenters. The fourth-order valence-corrected chi connectivity index (χ4v) is 6.35. The van der Waals surface area contributed by atoms with Crippen LogP contribution in [-0.2, 0) is 12.8 Å². The highest BCUT2D eigenvalue weighted by Gasteiger charge is 2.21. The number of nitrogens with one attached hydrogen (secondary N) is 2. The van der Waals surface area contributed by atoms with E-state index < -0.39 is 0 Å². The maximum absolute atomic E-state index is 13.2. The number of phenolic OH excluding ortho intramolecular Hbond substituents is 2. The van der Waals surface area contributed by atoms with Crippen molar-refractivity contribution in [3.8, 4) is 11.5 Å². The molecule has 0 aliphatic carbocycles. The van der Waals surface area contributed by atoms with Crippen LogP contribution in [0.3, 0.4) is 0 Å². The number of aromatic hydroxyl groups is 2. The summed E-state index contributed by atoms with van der Waals surface area (Å²) in [4.78, 5) is 26.5. The van der Waals surface area contributed by atoms with Gasteiger partial charge in [0.1, 0.15) is 11.5 Å². The average Bonchev–Trinajstić information content (AvgIpc) is 3.03. The van der Waals surface area contributed by atoms with Crippen LogP contribution in [0.15, 0.2) is 72.8 Å². The zero-order valence-corrected chi connectivity index (χ0v) is 25.6. The van der Waals surface area contributed by atoms with Gasteiger partial charge in [-0.3, -0.25) is 9.59 Å². The van der Waals surface area contributed by atoms with Crippen LogP contribution in [0.5, 0.6) is 11.5 Å². The number of rotatable bonds is 0. The van der Waals surface area contributed by atoms with Crippen LogP contribution in [0.4, 0.5) is 0 Å². The van der Waals surface area contributed by atoms with Gasteiger partial charge in [-0.15, -0.1) is 0 Å². The van der Waals surface area contributed by atoms with E-state index in [4.69, 9.17) is 0 Å². The number of hydrogen-bond donors (Lipinski definition) is 4. The number of phenols is 2. The molecule has 0 radical (unpaired) electrons. The molecule has 4 aromatic carbocycles. The van der Waals surface area contributed by atoms with E-state index in [0.29, 0.717) is 37.1 Å². The molecule has 0 fully saturated rings. The highest BCUT2D eigenvalue weighted by molar-refractivity contribution is 6.04. The van der Waals surface area contributed by atoms with Crippen molar-refractivity contribution < 1.29 is 19.8 Å². The highest BCUT2D eigenvalue weighted by atomic mass is 16.3. The van der Waals surface area contributed by atoms with Crippen molar-refractivity contribution in [3.63, 3.8) is 0 Å². The van der Waals surface area contributed by atoms with Gasteiger partial charge in [0.25, 0.3) is 11.8 Å². The third-order valence-electron chi connectivity index (χ3n) is 8.77. The van der Waals surface area contributed by atoms with Gasteiger partial charge in [0.2, 0.25) is 0 Å². The summed E-state index contributed by atoms with van der Waals surface area (Å²) in [5.41, 5.74) is 2.50. The number of benzene rings is 4. The second-order valence-electron chi connectivity index (χ2n) is 12.1. The van der Waals surface area contributed by atoms with Crippen LogP contribution in [-0.4, -0.2) is 35.1 Å². The Morgan fingerprint density at radius 1 is 0.545 bits per heavy atom. The summed E-state index contributed by atoms with van der Waals surface area (Å²) in [7, 11) is 0. The van der Waals surface area contributed by atoms with Gasteiger partial charge in [-0.25, -0.2) is 0 Å². The lowest BCUT2D eigenvalue weighted by atomic mass is 9.90. The Balaban J connectivity index is 1.48. The van der Waals surface area contributed by atoms with Crippen LogP contribution in [0.1, 0.15) is 96.1 Å². The summed E-state index contributed by atoms with van der Waals surface area (Å²) < 4.78 is 0. The second kappa shape index (κ2) is 14.9. The molecule has 44 heavy (non-hydrogen) atoms. The molecule has 0 saturated carbocycles. The fraction of sp³-hybridized carbons (Fsp3) is 0.368. The topological polar surface area (TPSA) is 98.7 Å². The first-order valence-electron chi connectivity index (χ1n) is 16.1. The summed E-state index contributed by atoms with van der Waals surface area (Å²) in [6, 6.07) is 18.9. The molecule has 1 aliphatic rings. The molecule has 0 aromatic heterocycles. The van der Waals surface area contributed by atoms with Gasteiger partial charge in [0.05, 0.1) is 11.1 Å². The number of carbonyl (C=O) groups excluding carboxylic acids is 2. The van der Waals surface area contributed by atoms with Crippen molar-refractivity contribution in [3.05, 3.63) is 95.1 Å². The molecule has 1 aliphatic heterocycles. The van der Waals surface area contributed by atoms with E-state index in [1.807, 2.05) is 48.5 Å². The normalized spacial score (nSPS) is 17.0. The summed E-state index contributed by atoms with van der Waals surface area (Å²) in [5.74, 6) is -0.661. The van der Waals surface area contributed by atoms with Crippen LogP contribution < -0.4 is 10.6 Å². The molecule has 4 bridgehead atoms. The molecule has 6 nitrogen and oxygen atoms in total. The molecular weight excluding hydrogens is 548 g/mol. The number of allylic oxidation sites excluding steroid dienone is 1. The van der Waals surface area contributed by atoms with Gasteiger partial charge < -0.3 is 20.8 Å². The Kier molecular flexibility index (Phi) is 10.5. The minimum Gasteiger partial charge on any atom is -0.507 e. The maximum Gasteiger partial charge on any atom is 0.255 e. The number of hydrogen-bond acceptors (Lipinski definition) is 4. The predicted molar refractivity (Wildman–Crippen MR) is 179 cm³/mol. The third-order valence-corrected chi connectivity index (χ3v) is 8.77. The standard InChI is InChI=1S/C38H44N2O4/c1-26-22-31-29-18-12-10-16-27(29)24-33(35(31)41)37(43)39-20-14-8-6-4-2-3-5-7-9-15-21-40-38(44)34-25-28-17-11-13-19-30(28)32(23-26)36(34)42/h10-13,16-19,24-25,41-42H,1-9,14-15,20-23H2,(H,39,43)(H,40,44). The lowest BCUT2D eigenvalue weighted by Gasteiger charge is -2.17. The third kappa shape index (κ3) is 7.42. The van der Waals surface area contributed by atoms with E-state index in [9.17, 15) is 19.8 Å². The molecule has 2 amide bonds. The first kappa shape index (κ1) is 31.1. The minimum atomic E-state index is -0.284. The number of carbonyl (C=O) groups is 2. The molecule has 0 spiro atoms. The van der Waals surface area contributed by atoms with Crippen molar-refractivity contribution in [2.75, 3.05) is 13.1 Å². The Bertz CT molecular complexity index is 1540. The van der Waals surface area contributed by atoms with Gasteiger partial charge in [-0.2, -0.15) is 0 Å². The van der Waals surface area contributed by atoms with Crippen LogP contribution in [0.25, 0.3) is 21.5 Å². The Hall–Kier alpha value is -4.32. The van der Waals surface area contributed by atoms with Crippen LogP contribution in [0.2, 0.25) is 0 Å². The quantitative estimate of drug-likeness (QED) is 0.155. The summed E-state index contributed by atoms with van der Waals surface area (Å²) >= 11 is 0. The van der Waals surface area contributed by atoms with Crippen molar-refractivity contribution in [1.82, 2.24) is 10.6 Å². The summed E-state index contributed by atoms with van der Waals surface area (Å²) in [6.45, 7) is 5.47. The minimum absolute atomic E-state index is 0.0462. The molecule has 6 heteroatoms. The molecule has 0 saturated heterocycles. The lowest BCUT2D eigenvalue weighted by Crippen LogP contribution is -2.25. The van der Waals surface area contributed by atoms with E-state index in [2.05, 4.69) is 17.2 Å². The van der Waals surface area contributed by atoms with Crippen molar-refractivity contribution in [2.24, 2.45) is 0 Å². The van der Waals surface area contributed by atoms with Crippen molar-refractivity contribution in [2.45, 2.75) is 77.0 Å². The monoisotopic (exact) mass is 592 g/mol. The molecule has 230 valence electrons. The zero-order chi connectivity index (χ0) is 30.9. The Morgan fingerprint density at radius 3 is 1.32 bits per heavy atom. The predicted octanol–water partition coefficient (Wildman–Crippen LogP) is 8.12. The number of amides is 2. The summed E-state index contributed by atoms with van der Waals surface area (Å²) in [6.07, 6.45) is 11.7. The molecule has 1 heterocycles. The first-order chi connectivity index (χ1) is 21.4. The van der Waals surface area contributed by atoms with Crippen molar-refractivity contribution in [1.29, 1.82) is 0 Å². The SMILES string of the molecule is C=C1Cc2c(O)c(cc3ccccc23)C(=O)NCCCCCCCCCCCCNC(=O)c2cc3ccccc3c(c2O)C1. The smallest absolute Gasteiger partial charge is 0.255 e. The van der Waals surface area contributed by atoms with Gasteiger partial charge >= 0.3 is 0 Å². The zero-order valence-electron chi connectivity index (χ0n) is 25.6. The van der Waals surface area contributed by atoms with E-state index in [1.54, 1.807) is 12.1 Å². The Labute approximate surface area is 260 Å². The van der Waals surface area contributed by atoms with Crippen LogP contribution in [0, 0.1) is 0 Å². The van der Waals surface area contributed by atoms with Gasteiger partial charge in [0, 0.05) is 24.2 Å². The van der Waals surface area contributed by atoms with Gasteiger partial charge in [-0.05, 0) is 59.4 Å². The largest absolute Gasteiger partial charge is 0.507 e. The van der Waals surface area contributed by atoms with E-state index >= 15 is 0 Å². The van der Waals surface area contributed by atoms with Gasteiger partial charge in [-0.1, -0.05) is 112 Å². The van der Waals surface area contributed by atoms with Crippen LogP contribution >= 0.6 is 0 Å². The van der Waals surface area contributed by atoms with E-state index in [-0.39, 0.29) is 34.4 Å². The lowest BCUT2D eigenvalue weighted by molar-refractivity contribution is 0.0941. The van der Waals surface area contributed by atoms with E-state index in [0.717, 1.165) is 65.6 Å². The maximum atomic E-state index is 13.2. The molecule has 5 rings (SSSR count).